The first-order valence-electron chi connectivity index (χ1n) is 4.74. The van der Waals surface area contributed by atoms with Crippen LogP contribution in [0.1, 0.15) is 11.1 Å². The van der Waals surface area contributed by atoms with Gasteiger partial charge in [0, 0.05) is 10.9 Å². The minimum absolute atomic E-state index is 0.508. The molecule has 2 nitrogen and oxygen atoms in total. The van der Waals surface area contributed by atoms with Crippen LogP contribution in [0, 0.1) is 13.8 Å². The molecular weight excluding hydrogens is 210 g/mol. The number of fused-ring (bicyclic) bond motifs is 1. The first kappa shape index (κ1) is 10.2. The van der Waals surface area contributed by atoms with E-state index in [9.17, 15) is 0 Å². The van der Waals surface area contributed by atoms with Crippen molar-refractivity contribution < 1.29 is 4.74 Å². The number of halogens is 1. The number of hydrogen-bond acceptors (Lipinski definition) is 2. The van der Waals surface area contributed by atoms with Crippen LogP contribution in [0.25, 0.3) is 10.9 Å². The average molecular weight is 222 g/mol. The summed E-state index contributed by atoms with van der Waals surface area (Å²) in [5.74, 6) is 0.814. The van der Waals surface area contributed by atoms with Gasteiger partial charge in [0.1, 0.15) is 10.9 Å². The number of ether oxygens (including phenoxy) is 1. The molecule has 2 rings (SSSR count). The van der Waals surface area contributed by atoms with E-state index in [1.807, 2.05) is 32.0 Å². The Hall–Kier alpha value is -1.28. The summed E-state index contributed by atoms with van der Waals surface area (Å²) in [6.07, 6.45) is 0. The Morgan fingerprint density at radius 1 is 1.27 bits per heavy atom. The summed E-state index contributed by atoms with van der Waals surface area (Å²) in [6, 6.07) is 6.01. The molecule has 0 N–H and O–H groups in total. The molecule has 15 heavy (non-hydrogen) atoms. The number of aryl methyl sites for hydroxylation is 1. The number of hydrogen-bond donors (Lipinski definition) is 0. The van der Waals surface area contributed by atoms with Crippen LogP contribution in [0.4, 0.5) is 0 Å². The zero-order valence-electron chi connectivity index (χ0n) is 8.97. The Balaban J connectivity index is 2.94. The normalized spacial score (nSPS) is 10.7. The second kappa shape index (κ2) is 3.70. The minimum atomic E-state index is 0.508. The first-order valence-corrected chi connectivity index (χ1v) is 5.12. The molecule has 0 spiro atoms. The first-order chi connectivity index (χ1) is 7.15. The Labute approximate surface area is 93.8 Å². The number of para-hydroxylation sites is 1. The molecule has 0 aliphatic rings. The van der Waals surface area contributed by atoms with Crippen LogP contribution in [-0.2, 0) is 0 Å². The van der Waals surface area contributed by atoms with Gasteiger partial charge in [-0.05, 0) is 25.5 Å². The number of aromatic nitrogens is 1. The van der Waals surface area contributed by atoms with Gasteiger partial charge in [0.15, 0.2) is 0 Å². The number of rotatable bonds is 1. The quantitative estimate of drug-likeness (QED) is 0.688. The molecule has 0 saturated carbocycles. The molecule has 78 valence electrons. The summed E-state index contributed by atoms with van der Waals surface area (Å²) in [7, 11) is 1.65. The van der Waals surface area contributed by atoms with E-state index in [1.54, 1.807) is 7.11 Å². The Morgan fingerprint density at radius 2 is 2.00 bits per heavy atom. The molecule has 1 heterocycles. The molecule has 3 heteroatoms. The minimum Gasteiger partial charge on any atom is -0.496 e. The van der Waals surface area contributed by atoms with Gasteiger partial charge in [0.05, 0.1) is 12.6 Å². The van der Waals surface area contributed by atoms with E-state index in [2.05, 4.69) is 4.98 Å². The third-order valence-electron chi connectivity index (χ3n) is 2.55. The van der Waals surface area contributed by atoms with Crippen molar-refractivity contribution in [3.8, 4) is 5.75 Å². The second-order valence-electron chi connectivity index (χ2n) is 3.53. The van der Waals surface area contributed by atoms with Crippen LogP contribution < -0.4 is 4.74 Å². The van der Waals surface area contributed by atoms with Crippen molar-refractivity contribution in [3.05, 3.63) is 34.5 Å². The maximum absolute atomic E-state index is 6.05. The molecule has 2 aromatic rings. The summed E-state index contributed by atoms with van der Waals surface area (Å²) < 4.78 is 5.37. The fraction of sp³-hybridized carbons (Fsp3) is 0.250. The molecule has 0 aliphatic carbocycles. The van der Waals surface area contributed by atoms with E-state index in [1.165, 1.54) is 0 Å². The third-order valence-corrected chi connectivity index (χ3v) is 2.91. The van der Waals surface area contributed by atoms with E-state index >= 15 is 0 Å². The maximum atomic E-state index is 6.05. The van der Waals surface area contributed by atoms with Gasteiger partial charge in [0.25, 0.3) is 0 Å². The number of pyridine rings is 1. The van der Waals surface area contributed by atoms with Gasteiger partial charge in [-0.3, -0.25) is 0 Å². The van der Waals surface area contributed by atoms with Crippen molar-refractivity contribution in [2.75, 3.05) is 7.11 Å². The lowest BCUT2D eigenvalue weighted by molar-refractivity contribution is 0.416. The molecule has 1 aromatic carbocycles. The van der Waals surface area contributed by atoms with Crippen molar-refractivity contribution >= 4 is 22.5 Å². The highest BCUT2D eigenvalue weighted by atomic mass is 35.5. The largest absolute Gasteiger partial charge is 0.496 e. The van der Waals surface area contributed by atoms with E-state index < -0.39 is 0 Å². The molecule has 0 radical (unpaired) electrons. The smallest absolute Gasteiger partial charge is 0.136 e. The van der Waals surface area contributed by atoms with Crippen molar-refractivity contribution in [2.24, 2.45) is 0 Å². The molecule has 1 aromatic heterocycles. The zero-order valence-corrected chi connectivity index (χ0v) is 9.72. The van der Waals surface area contributed by atoms with Gasteiger partial charge in [-0.15, -0.1) is 0 Å². The van der Waals surface area contributed by atoms with Crippen molar-refractivity contribution in [1.29, 1.82) is 0 Å². The van der Waals surface area contributed by atoms with Crippen LogP contribution in [0.5, 0.6) is 5.75 Å². The Kier molecular flexibility index (Phi) is 2.53. The molecule has 0 aliphatic heterocycles. The Morgan fingerprint density at radius 3 is 2.67 bits per heavy atom. The van der Waals surface area contributed by atoms with Gasteiger partial charge < -0.3 is 4.74 Å². The van der Waals surface area contributed by atoms with Crippen molar-refractivity contribution in [1.82, 2.24) is 4.98 Å². The van der Waals surface area contributed by atoms with Crippen molar-refractivity contribution in [3.63, 3.8) is 0 Å². The summed E-state index contributed by atoms with van der Waals surface area (Å²) in [6.45, 7) is 3.93. The predicted octanol–water partition coefficient (Wildman–Crippen LogP) is 3.51. The number of nitrogens with zero attached hydrogens (tertiary/aromatic N) is 1. The summed E-state index contributed by atoms with van der Waals surface area (Å²) in [4.78, 5) is 4.37. The number of methoxy groups -OCH3 is 1. The van der Waals surface area contributed by atoms with E-state index in [0.717, 1.165) is 27.8 Å². The maximum Gasteiger partial charge on any atom is 0.136 e. The van der Waals surface area contributed by atoms with Gasteiger partial charge in [-0.25, -0.2) is 4.98 Å². The van der Waals surface area contributed by atoms with Crippen LogP contribution in [0.2, 0.25) is 5.15 Å². The molecule has 0 atom stereocenters. The van der Waals surface area contributed by atoms with Gasteiger partial charge in [-0.1, -0.05) is 23.7 Å². The Bertz CT molecular complexity index is 523. The topological polar surface area (TPSA) is 22.1 Å². The highest BCUT2D eigenvalue weighted by molar-refractivity contribution is 6.31. The van der Waals surface area contributed by atoms with Crippen LogP contribution >= 0.6 is 11.6 Å². The lowest BCUT2D eigenvalue weighted by Gasteiger charge is -2.11. The molecule has 0 bridgehead atoms. The van der Waals surface area contributed by atoms with Crippen LogP contribution in [-0.4, -0.2) is 12.1 Å². The third kappa shape index (κ3) is 1.55. The van der Waals surface area contributed by atoms with E-state index in [-0.39, 0.29) is 0 Å². The summed E-state index contributed by atoms with van der Waals surface area (Å²) in [5, 5.41) is 1.52. The highest BCUT2D eigenvalue weighted by Crippen LogP contribution is 2.33. The second-order valence-corrected chi connectivity index (χ2v) is 3.89. The average Bonchev–Trinajstić information content (AvgIpc) is 2.22. The highest BCUT2D eigenvalue weighted by Gasteiger charge is 2.11. The van der Waals surface area contributed by atoms with Crippen LogP contribution in [0.3, 0.4) is 0 Å². The predicted molar refractivity (Wildman–Crippen MR) is 62.8 cm³/mol. The van der Waals surface area contributed by atoms with Gasteiger partial charge in [0.2, 0.25) is 0 Å². The number of benzene rings is 1. The molecule has 0 fully saturated rings. The lowest BCUT2D eigenvalue weighted by Crippen LogP contribution is -1.94. The standard InChI is InChI=1S/C12H12ClNO/c1-7-5-4-6-9-10(7)14-12(13)8(2)11(9)15-3/h4-6H,1-3H3. The fourth-order valence-corrected chi connectivity index (χ4v) is 1.90. The molecular formula is C12H12ClNO. The molecule has 0 amide bonds. The summed E-state index contributed by atoms with van der Waals surface area (Å²) in [5.41, 5.74) is 2.90. The zero-order chi connectivity index (χ0) is 11.0. The fourth-order valence-electron chi connectivity index (χ4n) is 1.73. The van der Waals surface area contributed by atoms with Crippen molar-refractivity contribution in [2.45, 2.75) is 13.8 Å². The molecule has 0 saturated heterocycles. The van der Waals surface area contributed by atoms with Gasteiger partial charge in [-0.2, -0.15) is 0 Å². The SMILES string of the molecule is COc1c(C)c(Cl)nc2c(C)cccc12. The van der Waals surface area contributed by atoms with E-state index in [4.69, 9.17) is 16.3 Å². The monoisotopic (exact) mass is 221 g/mol. The van der Waals surface area contributed by atoms with E-state index in [0.29, 0.717) is 5.15 Å². The summed E-state index contributed by atoms with van der Waals surface area (Å²) >= 11 is 6.05. The molecule has 0 unspecified atom stereocenters. The van der Waals surface area contributed by atoms with Gasteiger partial charge >= 0.3 is 0 Å². The lowest BCUT2D eigenvalue weighted by atomic mass is 10.1. The van der Waals surface area contributed by atoms with Crippen LogP contribution in [0.15, 0.2) is 18.2 Å².